The highest BCUT2D eigenvalue weighted by Crippen LogP contribution is 2.29. The molecule has 2 saturated heterocycles. The Balaban J connectivity index is 1.84. The molecule has 2 fully saturated rings. The van der Waals surface area contributed by atoms with Gasteiger partial charge in [-0.3, -0.25) is 9.80 Å². The maximum Gasteiger partial charge on any atom is 0.0182 e. The Morgan fingerprint density at radius 2 is 1.38 bits per heavy atom. The van der Waals surface area contributed by atoms with Gasteiger partial charge in [0.2, 0.25) is 0 Å². The van der Waals surface area contributed by atoms with Gasteiger partial charge in [0.1, 0.15) is 0 Å². The van der Waals surface area contributed by atoms with E-state index in [-0.39, 0.29) is 0 Å². The Morgan fingerprint density at radius 1 is 0.857 bits per heavy atom. The van der Waals surface area contributed by atoms with Crippen LogP contribution in [-0.4, -0.2) is 72.6 Å². The first-order chi connectivity index (χ1) is 10.1. The van der Waals surface area contributed by atoms with Gasteiger partial charge in [-0.2, -0.15) is 0 Å². The Morgan fingerprint density at radius 3 is 1.86 bits per heavy atom. The zero-order valence-corrected chi connectivity index (χ0v) is 14.9. The molecule has 3 heteroatoms. The van der Waals surface area contributed by atoms with Crippen LogP contribution >= 0.6 is 0 Å². The highest BCUT2D eigenvalue weighted by molar-refractivity contribution is 4.91. The minimum atomic E-state index is 0.447. The van der Waals surface area contributed by atoms with Crippen molar-refractivity contribution < 1.29 is 0 Å². The summed E-state index contributed by atoms with van der Waals surface area (Å²) in [4.78, 5) is 8.06. The molecule has 2 aliphatic heterocycles. The summed E-state index contributed by atoms with van der Waals surface area (Å²) in [5.41, 5.74) is 0.447. The van der Waals surface area contributed by atoms with Crippen LogP contribution in [0.4, 0.5) is 0 Å². The molecule has 0 spiro atoms. The van der Waals surface area contributed by atoms with Gasteiger partial charge in [-0.05, 0) is 52.7 Å². The highest BCUT2D eigenvalue weighted by Gasteiger charge is 2.34. The first-order valence-corrected chi connectivity index (χ1v) is 9.26. The largest absolute Gasteiger partial charge is 0.306 e. The van der Waals surface area contributed by atoms with Crippen molar-refractivity contribution in [2.45, 2.75) is 70.9 Å². The van der Waals surface area contributed by atoms with E-state index in [4.69, 9.17) is 0 Å². The van der Waals surface area contributed by atoms with Gasteiger partial charge in [-0.1, -0.05) is 26.7 Å². The summed E-state index contributed by atoms with van der Waals surface area (Å²) in [6.07, 6.45) is 8.08. The maximum atomic E-state index is 2.80. The van der Waals surface area contributed by atoms with E-state index in [1.165, 1.54) is 77.8 Å². The first-order valence-electron chi connectivity index (χ1n) is 9.26. The third-order valence-corrected chi connectivity index (χ3v) is 5.86. The zero-order valence-electron chi connectivity index (χ0n) is 14.9. The lowest BCUT2D eigenvalue weighted by atomic mass is 9.88. The lowest BCUT2D eigenvalue weighted by Crippen LogP contribution is -2.58. The lowest BCUT2D eigenvalue weighted by molar-refractivity contribution is 0.00525. The molecule has 0 unspecified atom stereocenters. The second kappa shape index (κ2) is 7.94. The molecule has 2 heterocycles. The molecule has 3 nitrogen and oxygen atoms in total. The normalized spacial score (nSPS) is 24.6. The Hall–Kier alpha value is -0.120. The molecule has 0 aliphatic carbocycles. The van der Waals surface area contributed by atoms with Gasteiger partial charge >= 0.3 is 0 Å². The number of nitrogens with zero attached hydrogens (tertiary/aromatic N) is 3. The number of hydrogen-bond donors (Lipinski definition) is 0. The molecule has 0 bridgehead atoms. The average Bonchev–Trinajstić information content (AvgIpc) is 2.49. The van der Waals surface area contributed by atoms with E-state index >= 15 is 0 Å². The summed E-state index contributed by atoms with van der Waals surface area (Å²) in [6, 6.07) is 0.854. The topological polar surface area (TPSA) is 9.72 Å². The van der Waals surface area contributed by atoms with Crippen molar-refractivity contribution in [3.8, 4) is 0 Å². The third-order valence-electron chi connectivity index (χ3n) is 5.86. The lowest BCUT2D eigenvalue weighted by Gasteiger charge is -2.48. The van der Waals surface area contributed by atoms with Crippen LogP contribution in [-0.2, 0) is 0 Å². The van der Waals surface area contributed by atoms with Crippen LogP contribution in [0.5, 0.6) is 0 Å². The fourth-order valence-corrected chi connectivity index (χ4v) is 4.51. The van der Waals surface area contributed by atoms with E-state index in [1.807, 2.05) is 0 Å². The monoisotopic (exact) mass is 295 g/mol. The molecule has 0 saturated carbocycles. The number of rotatable bonds is 6. The quantitative estimate of drug-likeness (QED) is 0.746. The van der Waals surface area contributed by atoms with Crippen molar-refractivity contribution in [3.05, 3.63) is 0 Å². The van der Waals surface area contributed by atoms with Crippen LogP contribution in [0, 0.1) is 0 Å². The minimum Gasteiger partial charge on any atom is -0.306 e. The van der Waals surface area contributed by atoms with E-state index in [0.29, 0.717) is 5.54 Å². The summed E-state index contributed by atoms with van der Waals surface area (Å²) in [7, 11) is 2.26. The Labute approximate surface area is 132 Å². The van der Waals surface area contributed by atoms with E-state index in [2.05, 4.69) is 42.5 Å². The van der Waals surface area contributed by atoms with Crippen molar-refractivity contribution in [2.75, 3.05) is 46.3 Å². The smallest absolute Gasteiger partial charge is 0.0182 e. The van der Waals surface area contributed by atoms with Crippen LogP contribution in [0.3, 0.4) is 0 Å². The molecule has 0 radical (unpaired) electrons. The Kier molecular flexibility index (Phi) is 6.51. The van der Waals surface area contributed by atoms with Gasteiger partial charge in [0.25, 0.3) is 0 Å². The number of piperazine rings is 1. The Bertz CT molecular complexity index is 283. The van der Waals surface area contributed by atoms with E-state index in [9.17, 15) is 0 Å². The van der Waals surface area contributed by atoms with Crippen LogP contribution in [0.1, 0.15) is 59.3 Å². The molecule has 0 aromatic heterocycles. The fraction of sp³-hybridized carbons (Fsp3) is 1.00. The summed E-state index contributed by atoms with van der Waals surface area (Å²) in [5.74, 6) is 0. The van der Waals surface area contributed by atoms with Gasteiger partial charge in [-0.15, -0.1) is 0 Å². The van der Waals surface area contributed by atoms with Crippen LogP contribution < -0.4 is 0 Å². The molecule has 0 N–H and O–H groups in total. The summed E-state index contributed by atoms with van der Waals surface area (Å²) in [6.45, 7) is 14.9. The van der Waals surface area contributed by atoms with Crippen molar-refractivity contribution in [3.63, 3.8) is 0 Å². The number of likely N-dealkylation sites (tertiary alicyclic amines) is 1. The van der Waals surface area contributed by atoms with Crippen LogP contribution in [0.2, 0.25) is 0 Å². The summed E-state index contributed by atoms with van der Waals surface area (Å²) in [5, 5.41) is 0. The molecule has 0 aromatic rings. The zero-order chi connectivity index (χ0) is 15.3. The van der Waals surface area contributed by atoms with E-state index in [1.54, 1.807) is 0 Å². The second-order valence-corrected chi connectivity index (χ2v) is 7.55. The van der Waals surface area contributed by atoms with Crippen molar-refractivity contribution in [1.29, 1.82) is 0 Å². The molecule has 124 valence electrons. The predicted molar refractivity (Wildman–Crippen MR) is 91.9 cm³/mol. The number of piperidine rings is 1. The third kappa shape index (κ3) is 4.43. The standard InChI is InChI=1S/C18H37N3/c1-5-9-18(3,10-6-2)21-15-13-20(14-16-21)17-7-11-19(4)12-8-17/h17H,5-16H2,1-4H3. The molecular weight excluding hydrogens is 258 g/mol. The number of hydrogen-bond acceptors (Lipinski definition) is 3. The van der Waals surface area contributed by atoms with Gasteiger partial charge in [-0.25, -0.2) is 0 Å². The minimum absolute atomic E-state index is 0.447. The molecule has 21 heavy (non-hydrogen) atoms. The van der Waals surface area contributed by atoms with Gasteiger partial charge in [0, 0.05) is 37.8 Å². The molecule has 2 rings (SSSR count). The molecular formula is C18H37N3. The van der Waals surface area contributed by atoms with Crippen LogP contribution in [0.25, 0.3) is 0 Å². The fourth-order valence-electron chi connectivity index (χ4n) is 4.51. The molecule has 0 atom stereocenters. The van der Waals surface area contributed by atoms with E-state index in [0.717, 1.165) is 6.04 Å². The first kappa shape index (κ1) is 17.2. The van der Waals surface area contributed by atoms with E-state index < -0.39 is 0 Å². The van der Waals surface area contributed by atoms with Gasteiger partial charge in [0.05, 0.1) is 0 Å². The maximum absolute atomic E-state index is 2.80. The van der Waals surface area contributed by atoms with Crippen LogP contribution in [0.15, 0.2) is 0 Å². The molecule has 0 aromatic carbocycles. The SMILES string of the molecule is CCCC(C)(CCC)N1CCN(C2CCN(C)CC2)CC1. The highest BCUT2D eigenvalue weighted by atomic mass is 15.3. The van der Waals surface area contributed by atoms with Gasteiger partial charge < -0.3 is 4.90 Å². The summed E-state index contributed by atoms with van der Waals surface area (Å²) >= 11 is 0. The summed E-state index contributed by atoms with van der Waals surface area (Å²) < 4.78 is 0. The average molecular weight is 296 g/mol. The van der Waals surface area contributed by atoms with Crippen molar-refractivity contribution in [2.24, 2.45) is 0 Å². The van der Waals surface area contributed by atoms with Crippen molar-refractivity contribution in [1.82, 2.24) is 14.7 Å². The molecule has 2 aliphatic rings. The predicted octanol–water partition coefficient (Wildman–Crippen LogP) is 3.06. The molecule has 0 amide bonds. The second-order valence-electron chi connectivity index (χ2n) is 7.55. The van der Waals surface area contributed by atoms with Crippen molar-refractivity contribution >= 4 is 0 Å². The van der Waals surface area contributed by atoms with Gasteiger partial charge in [0.15, 0.2) is 0 Å².